The lowest BCUT2D eigenvalue weighted by atomic mass is 10.2. The number of halogens is 1. The molecule has 27 heavy (non-hydrogen) atoms. The molecule has 0 unspecified atom stereocenters. The van der Waals surface area contributed by atoms with Crippen molar-refractivity contribution in [3.63, 3.8) is 0 Å². The largest absolute Gasteiger partial charge is 0.490 e. The summed E-state index contributed by atoms with van der Waals surface area (Å²) in [6.45, 7) is 3.94. The zero-order chi connectivity index (χ0) is 19.9. The topological polar surface area (TPSA) is 72.9 Å². The number of benzene rings is 2. The van der Waals surface area contributed by atoms with Crippen LogP contribution >= 0.6 is 0 Å². The predicted molar refractivity (Wildman–Crippen MR) is 98.7 cm³/mol. The summed E-state index contributed by atoms with van der Waals surface area (Å²) >= 11 is 0. The molecule has 0 spiro atoms. The Morgan fingerprint density at radius 3 is 2.33 bits per heavy atom. The third-order valence-electron chi connectivity index (χ3n) is 3.83. The van der Waals surface area contributed by atoms with Gasteiger partial charge in [0.05, 0.1) is 10.5 Å². The Morgan fingerprint density at radius 2 is 1.70 bits per heavy atom. The zero-order valence-corrected chi connectivity index (χ0v) is 16.0. The van der Waals surface area contributed by atoms with Crippen LogP contribution in [-0.2, 0) is 14.8 Å². The predicted octanol–water partition coefficient (Wildman–Crippen LogP) is 3.09. The zero-order valence-electron chi connectivity index (χ0n) is 15.2. The van der Waals surface area contributed by atoms with Crippen LogP contribution in [0.15, 0.2) is 53.4 Å². The third-order valence-corrected chi connectivity index (χ3v) is 5.88. The molecule has 0 N–H and O–H groups in total. The first kappa shape index (κ1) is 20.9. The molecule has 0 aliphatic carbocycles. The van der Waals surface area contributed by atoms with Crippen LogP contribution in [0.2, 0.25) is 0 Å². The number of nitrogens with zero attached hydrogens (tertiary/aromatic N) is 1. The van der Waals surface area contributed by atoms with E-state index in [-0.39, 0.29) is 31.2 Å². The van der Waals surface area contributed by atoms with Crippen molar-refractivity contribution in [2.24, 2.45) is 0 Å². The van der Waals surface area contributed by atoms with Crippen LogP contribution in [0, 0.1) is 5.82 Å². The standard InChI is InChI=1S/C19H22FNO5S/c1-3-21(4-2)27(23,24)16-10-11-18(20)17(14-16)19(22)26-13-12-25-15-8-6-5-7-9-15/h5-11,14H,3-4,12-13H2,1-2H3. The number of hydrogen-bond donors (Lipinski definition) is 0. The number of sulfonamides is 1. The van der Waals surface area contributed by atoms with Gasteiger partial charge in [-0.05, 0) is 30.3 Å². The summed E-state index contributed by atoms with van der Waals surface area (Å²) in [7, 11) is -3.80. The normalized spacial score (nSPS) is 11.4. The van der Waals surface area contributed by atoms with Crippen molar-refractivity contribution in [2.75, 3.05) is 26.3 Å². The van der Waals surface area contributed by atoms with Gasteiger partial charge in [0.1, 0.15) is 24.8 Å². The molecule has 146 valence electrons. The highest BCUT2D eigenvalue weighted by Crippen LogP contribution is 2.20. The molecular formula is C19H22FNO5S. The molecule has 0 amide bonds. The highest BCUT2D eigenvalue weighted by Gasteiger charge is 2.24. The highest BCUT2D eigenvalue weighted by atomic mass is 32.2. The maximum Gasteiger partial charge on any atom is 0.341 e. The SMILES string of the molecule is CCN(CC)S(=O)(=O)c1ccc(F)c(C(=O)OCCOc2ccccc2)c1. The van der Waals surface area contributed by atoms with Crippen molar-refractivity contribution in [1.82, 2.24) is 4.31 Å². The molecule has 2 aromatic carbocycles. The van der Waals surface area contributed by atoms with Crippen molar-refractivity contribution in [3.8, 4) is 5.75 Å². The Bertz CT molecular complexity index is 867. The molecule has 0 aliphatic heterocycles. The van der Waals surface area contributed by atoms with E-state index >= 15 is 0 Å². The number of rotatable bonds is 9. The fourth-order valence-electron chi connectivity index (χ4n) is 2.42. The number of hydrogen-bond acceptors (Lipinski definition) is 5. The molecule has 6 nitrogen and oxygen atoms in total. The van der Waals surface area contributed by atoms with Gasteiger partial charge >= 0.3 is 5.97 Å². The van der Waals surface area contributed by atoms with Gasteiger partial charge in [-0.25, -0.2) is 17.6 Å². The van der Waals surface area contributed by atoms with E-state index in [9.17, 15) is 17.6 Å². The Morgan fingerprint density at radius 1 is 1.04 bits per heavy atom. The van der Waals surface area contributed by atoms with Gasteiger partial charge in [-0.1, -0.05) is 32.0 Å². The van der Waals surface area contributed by atoms with Gasteiger partial charge in [0.15, 0.2) is 0 Å². The maximum absolute atomic E-state index is 14.0. The van der Waals surface area contributed by atoms with Gasteiger partial charge < -0.3 is 9.47 Å². The molecule has 0 saturated heterocycles. The molecular weight excluding hydrogens is 373 g/mol. The van der Waals surface area contributed by atoms with Crippen LogP contribution in [0.4, 0.5) is 4.39 Å². The number of ether oxygens (including phenoxy) is 2. The minimum atomic E-state index is -3.80. The van der Waals surface area contributed by atoms with E-state index < -0.39 is 27.4 Å². The molecule has 0 aromatic heterocycles. The molecule has 0 fully saturated rings. The molecule has 0 atom stereocenters. The first-order valence-corrected chi connectivity index (χ1v) is 9.98. The van der Waals surface area contributed by atoms with Gasteiger partial charge in [-0.3, -0.25) is 0 Å². The Labute approximate surface area is 158 Å². The molecule has 2 rings (SSSR count). The molecule has 0 saturated carbocycles. The summed E-state index contributed by atoms with van der Waals surface area (Å²) in [4.78, 5) is 12.0. The maximum atomic E-state index is 14.0. The van der Waals surface area contributed by atoms with E-state index in [4.69, 9.17) is 9.47 Å². The van der Waals surface area contributed by atoms with E-state index in [1.165, 1.54) is 4.31 Å². The summed E-state index contributed by atoms with van der Waals surface area (Å²) in [5.74, 6) is -1.17. The van der Waals surface area contributed by atoms with Crippen LogP contribution in [0.1, 0.15) is 24.2 Å². The van der Waals surface area contributed by atoms with E-state index in [1.807, 2.05) is 6.07 Å². The van der Waals surface area contributed by atoms with Crippen LogP contribution in [0.25, 0.3) is 0 Å². The first-order chi connectivity index (χ1) is 12.9. The van der Waals surface area contributed by atoms with Crippen molar-refractivity contribution < 1.29 is 27.1 Å². The highest BCUT2D eigenvalue weighted by molar-refractivity contribution is 7.89. The van der Waals surface area contributed by atoms with Crippen LogP contribution in [-0.4, -0.2) is 45.0 Å². The first-order valence-electron chi connectivity index (χ1n) is 8.54. The fourth-order valence-corrected chi connectivity index (χ4v) is 3.91. The van der Waals surface area contributed by atoms with E-state index in [0.29, 0.717) is 5.75 Å². The van der Waals surface area contributed by atoms with Gasteiger partial charge in [-0.2, -0.15) is 4.31 Å². The lowest BCUT2D eigenvalue weighted by molar-refractivity contribution is 0.0445. The summed E-state index contributed by atoms with van der Waals surface area (Å²) in [6, 6.07) is 12.0. The minimum Gasteiger partial charge on any atom is -0.490 e. The molecule has 0 bridgehead atoms. The second kappa shape index (κ2) is 9.48. The lowest BCUT2D eigenvalue weighted by Gasteiger charge is -2.18. The average Bonchev–Trinajstić information content (AvgIpc) is 2.67. The number of carbonyl (C=O) groups is 1. The number of carbonyl (C=O) groups excluding carboxylic acids is 1. The van der Waals surface area contributed by atoms with E-state index in [0.717, 1.165) is 18.2 Å². The Hall–Kier alpha value is -2.45. The van der Waals surface area contributed by atoms with Crippen LogP contribution < -0.4 is 4.74 Å². The van der Waals surface area contributed by atoms with Crippen molar-refractivity contribution in [3.05, 3.63) is 59.9 Å². The number of para-hydroxylation sites is 1. The van der Waals surface area contributed by atoms with E-state index in [1.54, 1.807) is 38.1 Å². The van der Waals surface area contributed by atoms with Crippen molar-refractivity contribution in [2.45, 2.75) is 18.7 Å². The second-order valence-corrected chi connectivity index (χ2v) is 7.47. The van der Waals surface area contributed by atoms with Crippen LogP contribution in [0.5, 0.6) is 5.75 Å². The molecule has 0 radical (unpaired) electrons. The third kappa shape index (κ3) is 5.27. The molecule has 0 aliphatic rings. The second-order valence-electron chi connectivity index (χ2n) is 5.53. The smallest absolute Gasteiger partial charge is 0.341 e. The van der Waals surface area contributed by atoms with Gasteiger partial charge in [0.2, 0.25) is 10.0 Å². The van der Waals surface area contributed by atoms with Gasteiger partial charge in [-0.15, -0.1) is 0 Å². The summed E-state index contributed by atoms with van der Waals surface area (Å²) in [6.07, 6.45) is 0. The Kier molecular flexibility index (Phi) is 7.32. The van der Waals surface area contributed by atoms with Gasteiger partial charge in [0, 0.05) is 13.1 Å². The molecule has 2 aromatic rings. The molecule has 0 heterocycles. The fraction of sp³-hybridized carbons (Fsp3) is 0.316. The summed E-state index contributed by atoms with van der Waals surface area (Å²) in [5, 5.41) is 0. The minimum absolute atomic E-state index is 0.0921. The monoisotopic (exact) mass is 395 g/mol. The van der Waals surface area contributed by atoms with E-state index in [2.05, 4.69) is 0 Å². The van der Waals surface area contributed by atoms with Crippen molar-refractivity contribution >= 4 is 16.0 Å². The Balaban J connectivity index is 2.05. The van der Waals surface area contributed by atoms with Crippen LogP contribution in [0.3, 0.4) is 0 Å². The molecule has 8 heteroatoms. The quantitative estimate of drug-likeness (QED) is 0.482. The number of esters is 1. The lowest BCUT2D eigenvalue weighted by Crippen LogP contribution is -2.30. The average molecular weight is 395 g/mol. The summed E-state index contributed by atoms with van der Waals surface area (Å²) < 4.78 is 50.7. The van der Waals surface area contributed by atoms with Gasteiger partial charge in [0.25, 0.3) is 0 Å². The van der Waals surface area contributed by atoms with Crippen molar-refractivity contribution in [1.29, 1.82) is 0 Å². The summed E-state index contributed by atoms with van der Waals surface area (Å²) in [5.41, 5.74) is -0.428.